The highest BCUT2D eigenvalue weighted by atomic mass is 19.1. The first kappa shape index (κ1) is 16.9. The van der Waals surface area contributed by atoms with Crippen molar-refractivity contribution in [1.29, 1.82) is 0 Å². The molecular weight excluding hydrogens is 331 g/mol. The standard InChI is InChI=1S/C16H17FN4O4/c17-11-3-1-2-10(4-11)7-20-8-12(5-14(20)23)19-13(22)9-21-15(24)6-18-16(21)25/h1-4,12H,5-9H2,(H,18,25)(H,19,22)/t12-/m0/s1. The molecule has 0 aromatic heterocycles. The van der Waals surface area contributed by atoms with Gasteiger partial charge >= 0.3 is 6.03 Å². The van der Waals surface area contributed by atoms with Gasteiger partial charge < -0.3 is 15.5 Å². The van der Waals surface area contributed by atoms with Gasteiger partial charge in [0.2, 0.25) is 11.8 Å². The highest BCUT2D eigenvalue weighted by molar-refractivity contribution is 6.04. The molecule has 132 valence electrons. The topological polar surface area (TPSA) is 98.8 Å². The van der Waals surface area contributed by atoms with E-state index in [1.807, 2.05) is 0 Å². The van der Waals surface area contributed by atoms with Crippen LogP contribution in [0.5, 0.6) is 0 Å². The van der Waals surface area contributed by atoms with Crippen molar-refractivity contribution in [2.24, 2.45) is 0 Å². The number of likely N-dealkylation sites (tertiary alicyclic amines) is 1. The van der Waals surface area contributed by atoms with Crippen molar-refractivity contribution in [3.8, 4) is 0 Å². The minimum atomic E-state index is -0.602. The average molecular weight is 348 g/mol. The fraction of sp³-hybridized carbons (Fsp3) is 0.375. The molecule has 0 spiro atoms. The van der Waals surface area contributed by atoms with Crippen molar-refractivity contribution < 1.29 is 23.6 Å². The van der Waals surface area contributed by atoms with Crippen molar-refractivity contribution in [1.82, 2.24) is 20.4 Å². The zero-order chi connectivity index (χ0) is 18.0. The summed E-state index contributed by atoms with van der Waals surface area (Å²) in [6, 6.07) is 4.97. The summed E-state index contributed by atoms with van der Waals surface area (Å²) in [5.41, 5.74) is 0.666. The molecule has 3 rings (SSSR count). The number of nitrogens with one attached hydrogen (secondary N) is 2. The Hall–Kier alpha value is -2.97. The number of amides is 5. The summed E-state index contributed by atoms with van der Waals surface area (Å²) in [5, 5.41) is 4.98. The van der Waals surface area contributed by atoms with Crippen LogP contribution >= 0.6 is 0 Å². The highest BCUT2D eigenvalue weighted by Gasteiger charge is 2.33. The Kier molecular flexibility index (Phi) is 4.64. The summed E-state index contributed by atoms with van der Waals surface area (Å²) in [4.78, 5) is 49.3. The van der Waals surface area contributed by atoms with E-state index >= 15 is 0 Å². The molecule has 0 saturated carbocycles. The molecule has 5 amide bonds. The Morgan fingerprint density at radius 2 is 2.08 bits per heavy atom. The lowest BCUT2D eigenvalue weighted by Crippen LogP contribution is -2.45. The maximum Gasteiger partial charge on any atom is 0.325 e. The smallest absolute Gasteiger partial charge is 0.325 e. The van der Waals surface area contributed by atoms with Gasteiger partial charge in [-0.1, -0.05) is 12.1 Å². The van der Waals surface area contributed by atoms with Crippen molar-refractivity contribution in [3.05, 3.63) is 35.6 Å². The number of carbonyl (C=O) groups is 4. The third kappa shape index (κ3) is 3.93. The van der Waals surface area contributed by atoms with Gasteiger partial charge in [0.15, 0.2) is 0 Å². The molecule has 8 nitrogen and oxygen atoms in total. The lowest BCUT2D eigenvalue weighted by molar-refractivity contribution is -0.131. The first-order chi connectivity index (χ1) is 11.9. The van der Waals surface area contributed by atoms with E-state index in [2.05, 4.69) is 10.6 Å². The van der Waals surface area contributed by atoms with Crippen LogP contribution in [-0.2, 0) is 20.9 Å². The highest BCUT2D eigenvalue weighted by Crippen LogP contribution is 2.16. The van der Waals surface area contributed by atoms with Gasteiger partial charge in [0.05, 0.1) is 12.6 Å². The van der Waals surface area contributed by atoms with E-state index in [1.165, 1.54) is 17.0 Å². The fourth-order valence-electron chi connectivity index (χ4n) is 2.91. The monoisotopic (exact) mass is 348 g/mol. The lowest BCUT2D eigenvalue weighted by Gasteiger charge is -2.18. The molecule has 9 heteroatoms. The van der Waals surface area contributed by atoms with Crippen LogP contribution in [0.4, 0.5) is 9.18 Å². The van der Waals surface area contributed by atoms with E-state index in [0.29, 0.717) is 12.1 Å². The third-order valence-electron chi connectivity index (χ3n) is 4.08. The summed E-state index contributed by atoms with van der Waals surface area (Å²) >= 11 is 0. The summed E-state index contributed by atoms with van der Waals surface area (Å²) in [6.07, 6.45) is 0.126. The third-order valence-corrected chi connectivity index (χ3v) is 4.08. The molecule has 2 fully saturated rings. The molecule has 2 saturated heterocycles. The van der Waals surface area contributed by atoms with Gasteiger partial charge in [-0.05, 0) is 17.7 Å². The van der Waals surface area contributed by atoms with Crippen LogP contribution in [0.25, 0.3) is 0 Å². The minimum absolute atomic E-state index is 0.116. The molecule has 0 aliphatic carbocycles. The van der Waals surface area contributed by atoms with Gasteiger partial charge in [0, 0.05) is 19.5 Å². The van der Waals surface area contributed by atoms with E-state index in [9.17, 15) is 23.6 Å². The number of urea groups is 1. The van der Waals surface area contributed by atoms with Crippen LogP contribution in [0, 0.1) is 5.82 Å². The number of nitrogens with zero attached hydrogens (tertiary/aromatic N) is 2. The molecule has 2 N–H and O–H groups in total. The van der Waals surface area contributed by atoms with Gasteiger partial charge in [-0.3, -0.25) is 19.3 Å². The SMILES string of the molecule is O=C(CN1C(=O)CNC1=O)N[C@H]1CC(=O)N(Cc2cccc(F)c2)C1. The maximum atomic E-state index is 13.2. The van der Waals surface area contributed by atoms with Gasteiger partial charge in [-0.25, -0.2) is 9.18 Å². The Morgan fingerprint density at radius 1 is 1.28 bits per heavy atom. The van der Waals surface area contributed by atoms with Crippen LogP contribution in [0.2, 0.25) is 0 Å². The van der Waals surface area contributed by atoms with E-state index in [1.54, 1.807) is 12.1 Å². The van der Waals surface area contributed by atoms with Crippen molar-refractivity contribution in [2.75, 3.05) is 19.6 Å². The zero-order valence-corrected chi connectivity index (χ0v) is 13.3. The van der Waals surface area contributed by atoms with Crippen LogP contribution in [0.15, 0.2) is 24.3 Å². The molecular formula is C16H17FN4O4. The van der Waals surface area contributed by atoms with Crippen molar-refractivity contribution in [2.45, 2.75) is 19.0 Å². The maximum absolute atomic E-state index is 13.2. The fourth-order valence-corrected chi connectivity index (χ4v) is 2.91. The molecule has 0 radical (unpaired) electrons. The minimum Gasteiger partial charge on any atom is -0.350 e. The summed E-state index contributed by atoms with van der Waals surface area (Å²) in [7, 11) is 0. The van der Waals surface area contributed by atoms with Crippen LogP contribution in [0.3, 0.4) is 0 Å². The Morgan fingerprint density at radius 3 is 2.76 bits per heavy atom. The summed E-state index contributed by atoms with van der Waals surface area (Å²) < 4.78 is 13.2. The van der Waals surface area contributed by atoms with E-state index < -0.39 is 23.9 Å². The summed E-state index contributed by atoms with van der Waals surface area (Å²) in [6.45, 7) is 0.0614. The quantitative estimate of drug-likeness (QED) is 0.707. The number of imide groups is 1. The van der Waals surface area contributed by atoms with Crippen molar-refractivity contribution >= 4 is 23.8 Å². The van der Waals surface area contributed by atoms with E-state index in [-0.39, 0.29) is 37.8 Å². The first-order valence-electron chi connectivity index (χ1n) is 7.82. The molecule has 0 unspecified atom stereocenters. The second-order valence-corrected chi connectivity index (χ2v) is 6.01. The van der Waals surface area contributed by atoms with Crippen LogP contribution in [0.1, 0.15) is 12.0 Å². The number of carbonyl (C=O) groups excluding carboxylic acids is 4. The average Bonchev–Trinajstić information content (AvgIpc) is 3.04. The van der Waals surface area contributed by atoms with Gasteiger partial charge in [-0.2, -0.15) is 0 Å². The molecule has 1 aromatic carbocycles. The number of hydrogen-bond acceptors (Lipinski definition) is 4. The Bertz CT molecular complexity index is 723. The number of rotatable bonds is 5. The normalized spacial score (nSPS) is 20.2. The second kappa shape index (κ2) is 6.88. The Labute approximate surface area is 143 Å². The van der Waals surface area contributed by atoms with Gasteiger partial charge in [0.25, 0.3) is 5.91 Å². The molecule has 1 aromatic rings. The van der Waals surface area contributed by atoms with Gasteiger partial charge in [0.1, 0.15) is 12.4 Å². The lowest BCUT2D eigenvalue weighted by atomic mass is 10.2. The molecule has 0 bridgehead atoms. The van der Waals surface area contributed by atoms with E-state index in [0.717, 1.165) is 4.90 Å². The first-order valence-corrected chi connectivity index (χ1v) is 7.82. The van der Waals surface area contributed by atoms with E-state index in [4.69, 9.17) is 0 Å². The molecule has 2 heterocycles. The number of hydrogen-bond donors (Lipinski definition) is 2. The molecule has 2 aliphatic heterocycles. The molecule has 1 atom stereocenters. The van der Waals surface area contributed by atoms with Crippen LogP contribution < -0.4 is 10.6 Å². The van der Waals surface area contributed by atoms with Crippen LogP contribution in [-0.4, -0.2) is 59.2 Å². The predicted octanol–water partition coefficient (Wildman–Crippen LogP) is -0.405. The number of benzene rings is 1. The molecule has 25 heavy (non-hydrogen) atoms. The van der Waals surface area contributed by atoms with Crippen molar-refractivity contribution in [3.63, 3.8) is 0 Å². The summed E-state index contributed by atoms with van der Waals surface area (Å²) in [5.74, 6) is -1.49. The second-order valence-electron chi connectivity index (χ2n) is 6.01. The molecule has 2 aliphatic rings. The largest absolute Gasteiger partial charge is 0.350 e. The van der Waals surface area contributed by atoms with Gasteiger partial charge in [-0.15, -0.1) is 0 Å². The zero-order valence-electron chi connectivity index (χ0n) is 13.3. The Balaban J connectivity index is 1.53. The predicted molar refractivity (Wildman–Crippen MR) is 83.5 cm³/mol. The number of halogens is 1.